The molecule has 0 spiro atoms. The second-order valence-electron chi connectivity index (χ2n) is 5.41. The van der Waals surface area contributed by atoms with Crippen LogP contribution in [0.4, 0.5) is 0 Å². The number of nitrogens with zero attached hydrogens (tertiary/aromatic N) is 1. The summed E-state index contributed by atoms with van der Waals surface area (Å²) in [5, 5.41) is 12.5. The van der Waals surface area contributed by atoms with Crippen LogP contribution in [-0.2, 0) is 9.59 Å². The van der Waals surface area contributed by atoms with Gasteiger partial charge in [-0.3, -0.25) is 4.79 Å². The molecule has 1 amide bonds. The molecule has 0 bridgehead atoms. The van der Waals surface area contributed by atoms with E-state index in [1.165, 1.54) is 0 Å². The molecule has 2 saturated heterocycles. The lowest BCUT2D eigenvalue weighted by molar-refractivity contribution is -0.154. The number of hydrogen-bond donors (Lipinski definition) is 2. The van der Waals surface area contributed by atoms with Crippen molar-refractivity contribution in [1.29, 1.82) is 0 Å². The number of carboxylic acids is 1. The fourth-order valence-corrected chi connectivity index (χ4v) is 3.17. The summed E-state index contributed by atoms with van der Waals surface area (Å²) in [5.74, 6) is -0.821. The van der Waals surface area contributed by atoms with E-state index in [1.54, 1.807) is 4.90 Å². The Bertz CT molecular complexity index is 337. The summed E-state index contributed by atoms with van der Waals surface area (Å²) in [6, 6.07) is -0.608. The first-order valence-electron chi connectivity index (χ1n) is 6.85. The molecule has 102 valence electrons. The number of carbonyl (C=O) groups excluding carboxylic acids is 1. The van der Waals surface area contributed by atoms with Gasteiger partial charge in [-0.05, 0) is 38.6 Å². The Morgan fingerprint density at radius 3 is 2.78 bits per heavy atom. The van der Waals surface area contributed by atoms with E-state index in [4.69, 9.17) is 0 Å². The molecule has 5 nitrogen and oxygen atoms in total. The third-order valence-corrected chi connectivity index (χ3v) is 4.40. The molecule has 18 heavy (non-hydrogen) atoms. The fourth-order valence-electron chi connectivity index (χ4n) is 3.17. The average molecular weight is 254 g/mol. The number of piperidine rings is 1. The molecule has 5 heteroatoms. The van der Waals surface area contributed by atoms with Crippen LogP contribution in [-0.4, -0.2) is 47.6 Å². The SMILES string of the molecule is CCC1(C(=O)N2CCCC2C(=O)O)CCCNC1. The van der Waals surface area contributed by atoms with E-state index in [-0.39, 0.29) is 11.3 Å². The van der Waals surface area contributed by atoms with Gasteiger partial charge in [-0.15, -0.1) is 0 Å². The Morgan fingerprint density at radius 2 is 2.22 bits per heavy atom. The zero-order valence-electron chi connectivity index (χ0n) is 10.9. The van der Waals surface area contributed by atoms with Gasteiger partial charge in [0.2, 0.25) is 5.91 Å². The van der Waals surface area contributed by atoms with Crippen LogP contribution in [0.1, 0.15) is 39.0 Å². The van der Waals surface area contributed by atoms with Crippen LogP contribution in [0, 0.1) is 5.41 Å². The van der Waals surface area contributed by atoms with Crippen molar-refractivity contribution in [1.82, 2.24) is 10.2 Å². The van der Waals surface area contributed by atoms with Gasteiger partial charge in [0.05, 0.1) is 5.41 Å². The van der Waals surface area contributed by atoms with E-state index in [9.17, 15) is 14.7 Å². The monoisotopic (exact) mass is 254 g/mol. The van der Waals surface area contributed by atoms with Gasteiger partial charge in [-0.1, -0.05) is 6.92 Å². The number of likely N-dealkylation sites (tertiary alicyclic amines) is 1. The highest BCUT2D eigenvalue weighted by molar-refractivity contribution is 5.88. The summed E-state index contributed by atoms with van der Waals surface area (Å²) in [7, 11) is 0. The molecule has 0 aromatic carbocycles. The normalized spacial score (nSPS) is 32.5. The summed E-state index contributed by atoms with van der Waals surface area (Å²) in [4.78, 5) is 25.5. The Balaban J connectivity index is 2.15. The standard InChI is InChI=1S/C13H22N2O3/c1-2-13(6-4-7-14-9-13)12(18)15-8-3-5-10(15)11(16)17/h10,14H,2-9H2,1H3,(H,16,17). The van der Waals surface area contributed by atoms with Gasteiger partial charge < -0.3 is 15.3 Å². The minimum absolute atomic E-state index is 0.0436. The van der Waals surface area contributed by atoms with Crippen LogP contribution in [0.25, 0.3) is 0 Å². The largest absolute Gasteiger partial charge is 0.480 e. The van der Waals surface area contributed by atoms with Gasteiger partial charge in [0.15, 0.2) is 0 Å². The van der Waals surface area contributed by atoms with E-state index >= 15 is 0 Å². The molecule has 0 aromatic rings. The fraction of sp³-hybridized carbons (Fsp3) is 0.846. The van der Waals surface area contributed by atoms with Gasteiger partial charge in [0.25, 0.3) is 0 Å². The highest BCUT2D eigenvalue weighted by atomic mass is 16.4. The molecular weight excluding hydrogens is 232 g/mol. The van der Waals surface area contributed by atoms with E-state index in [0.717, 1.165) is 32.2 Å². The lowest BCUT2D eigenvalue weighted by Crippen LogP contribution is -2.54. The summed E-state index contributed by atoms with van der Waals surface area (Å²) < 4.78 is 0. The number of nitrogens with one attached hydrogen (secondary N) is 1. The Labute approximate surface area is 108 Å². The van der Waals surface area contributed by atoms with Crippen LogP contribution in [0.15, 0.2) is 0 Å². The zero-order valence-corrected chi connectivity index (χ0v) is 10.9. The Morgan fingerprint density at radius 1 is 1.44 bits per heavy atom. The summed E-state index contributed by atoms with van der Waals surface area (Å²) in [6.45, 7) is 4.26. The molecular formula is C13H22N2O3. The minimum atomic E-state index is -0.865. The molecule has 2 fully saturated rings. The van der Waals surface area contributed by atoms with Crippen molar-refractivity contribution in [2.24, 2.45) is 5.41 Å². The first kappa shape index (κ1) is 13.3. The first-order chi connectivity index (χ1) is 8.60. The van der Waals surface area contributed by atoms with Gasteiger partial charge in [0.1, 0.15) is 6.04 Å². The van der Waals surface area contributed by atoms with Crippen molar-refractivity contribution in [3.8, 4) is 0 Å². The van der Waals surface area contributed by atoms with Crippen LogP contribution in [0.3, 0.4) is 0 Å². The van der Waals surface area contributed by atoms with Crippen LogP contribution < -0.4 is 5.32 Å². The number of aliphatic carboxylic acids is 1. The zero-order chi connectivity index (χ0) is 13.2. The maximum Gasteiger partial charge on any atom is 0.326 e. The maximum absolute atomic E-state index is 12.7. The summed E-state index contributed by atoms with van der Waals surface area (Å²) in [5.41, 5.74) is -0.379. The van der Waals surface area contributed by atoms with Crippen LogP contribution in [0.5, 0.6) is 0 Å². The predicted octanol–water partition coefficient (Wildman–Crippen LogP) is 0.842. The molecule has 2 rings (SSSR count). The van der Waals surface area contributed by atoms with Gasteiger partial charge >= 0.3 is 5.97 Å². The van der Waals surface area contributed by atoms with Crippen molar-refractivity contribution in [2.45, 2.75) is 45.1 Å². The number of carboxylic acid groups (broad SMARTS) is 1. The van der Waals surface area contributed by atoms with Crippen molar-refractivity contribution in [3.05, 3.63) is 0 Å². The Kier molecular flexibility index (Phi) is 3.90. The van der Waals surface area contributed by atoms with Crippen molar-refractivity contribution < 1.29 is 14.7 Å². The topological polar surface area (TPSA) is 69.6 Å². The molecule has 0 aliphatic carbocycles. The van der Waals surface area contributed by atoms with Gasteiger partial charge in [-0.2, -0.15) is 0 Å². The lowest BCUT2D eigenvalue weighted by atomic mass is 9.77. The quantitative estimate of drug-likeness (QED) is 0.783. The molecule has 0 radical (unpaired) electrons. The van der Waals surface area contributed by atoms with Crippen LogP contribution >= 0.6 is 0 Å². The second-order valence-corrected chi connectivity index (χ2v) is 5.41. The highest BCUT2D eigenvalue weighted by Crippen LogP contribution is 2.34. The van der Waals surface area contributed by atoms with Crippen LogP contribution in [0.2, 0.25) is 0 Å². The van der Waals surface area contributed by atoms with Gasteiger partial charge in [0, 0.05) is 13.1 Å². The molecule has 0 saturated carbocycles. The van der Waals surface area contributed by atoms with Gasteiger partial charge in [-0.25, -0.2) is 4.79 Å². The molecule has 2 aliphatic rings. The molecule has 2 heterocycles. The van der Waals surface area contributed by atoms with Crippen molar-refractivity contribution in [3.63, 3.8) is 0 Å². The summed E-state index contributed by atoms with van der Waals surface area (Å²) >= 11 is 0. The lowest BCUT2D eigenvalue weighted by Gasteiger charge is -2.39. The molecule has 2 aliphatic heterocycles. The number of amides is 1. The van der Waals surface area contributed by atoms with E-state index in [2.05, 4.69) is 5.32 Å². The number of rotatable bonds is 3. The van der Waals surface area contributed by atoms with E-state index < -0.39 is 12.0 Å². The maximum atomic E-state index is 12.7. The average Bonchev–Trinajstić information content (AvgIpc) is 2.88. The highest BCUT2D eigenvalue weighted by Gasteiger charge is 2.45. The third kappa shape index (κ3) is 2.23. The summed E-state index contributed by atoms with van der Waals surface area (Å²) in [6.07, 6.45) is 4.04. The molecule has 2 N–H and O–H groups in total. The second kappa shape index (κ2) is 5.26. The van der Waals surface area contributed by atoms with Crippen molar-refractivity contribution in [2.75, 3.05) is 19.6 Å². The number of carbonyl (C=O) groups is 2. The molecule has 2 unspecified atom stereocenters. The molecule has 0 aromatic heterocycles. The van der Waals surface area contributed by atoms with E-state index in [0.29, 0.717) is 19.5 Å². The molecule has 2 atom stereocenters. The predicted molar refractivity (Wildman–Crippen MR) is 67.2 cm³/mol. The third-order valence-electron chi connectivity index (χ3n) is 4.40. The smallest absolute Gasteiger partial charge is 0.326 e. The van der Waals surface area contributed by atoms with Crippen molar-refractivity contribution >= 4 is 11.9 Å². The first-order valence-corrected chi connectivity index (χ1v) is 6.85. The number of hydrogen-bond acceptors (Lipinski definition) is 3. The Hall–Kier alpha value is -1.10. The van der Waals surface area contributed by atoms with E-state index in [1.807, 2.05) is 6.92 Å². The minimum Gasteiger partial charge on any atom is -0.480 e.